The van der Waals surface area contributed by atoms with Crippen molar-refractivity contribution in [3.63, 3.8) is 0 Å². The summed E-state index contributed by atoms with van der Waals surface area (Å²) < 4.78 is 19.1. The van der Waals surface area contributed by atoms with Gasteiger partial charge in [0.05, 0.1) is 7.11 Å². The lowest BCUT2D eigenvalue weighted by Gasteiger charge is -2.21. The lowest BCUT2D eigenvalue weighted by atomic mass is 10.0. The number of methoxy groups -OCH3 is 1. The molecule has 2 aromatic rings. The quantitative estimate of drug-likeness (QED) is 0.870. The van der Waals surface area contributed by atoms with Crippen molar-refractivity contribution in [1.29, 1.82) is 0 Å². The Balaban J connectivity index is 2.12. The molecule has 0 amide bonds. The van der Waals surface area contributed by atoms with E-state index in [4.69, 9.17) is 4.74 Å². The molecule has 2 rings (SSSR count). The lowest BCUT2D eigenvalue weighted by molar-refractivity contribution is 0.408. The van der Waals surface area contributed by atoms with E-state index in [1.807, 2.05) is 13.0 Å². The van der Waals surface area contributed by atoms with Crippen LogP contribution in [0.15, 0.2) is 42.5 Å². The first kappa shape index (κ1) is 15.5. The molecule has 2 aromatic carbocycles. The second-order valence-corrected chi connectivity index (χ2v) is 5.41. The molecule has 3 heteroatoms. The predicted molar refractivity (Wildman–Crippen MR) is 84.1 cm³/mol. The average Bonchev–Trinajstić information content (AvgIpc) is 2.46. The summed E-state index contributed by atoms with van der Waals surface area (Å²) in [7, 11) is 1.54. The fourth-order valence-corrected chi connectivity index (χ4v) is 2.49. The zero-order valence-corrected chi connectivity index (χ0v) is 13.0. The number of halogens is 1. The molecule has 0 heterocycles. The molecular weight excluding hydrogens is 265 g/mol. The van der Waals surface area contributed by atoms with Crippen LogP contribution in [0.4, 0.5) is 4.39 Å². The monoisotopic (exact) mass is 287 g/mol. The van der Waals surface area contributed by atoms with Crippen LogP contribution in [0.5, 0.6) is 5.75 Å². The molecule has 0 fully saturated rings. The van der Waals surface area contributed by atoms with Gasteiger partial charge >= 0.3 is 0 Å². The Morgan fingerprint density at radius 3 is 2.43 bits per heavy atom. The summed E-state index contributed by atoms with van der Waals surface area (Å²) in [6.07, 6.45) is 0. The summed E-state index contributed by atoms with van der Waals surface area (Å²) in [5, 5.41) is 3.44. The van der Waals surface area contributed by atoms with Gasteiger partial charge in [0.1, 0.15) is 11.6 Å². The number of aryl methyl sites for hydroxylation is 1. The summed E-state index contributed by atoms with van der Waals surface area (Å²) in [5.74, 6) is 0.293. The van der Waals surface area contributed by atoms with E-state index in [1.54, 1.807) is 12.1 Å². The fraction of sp³-hybridized carbons (Fsp3) is 0.333. The molecule has 0 aliphatic rings. The highest BCUT2D eigenvalue weighted by molar-refractivity contribution is 5.31. The highest BCUT2D eigenvalue weighted by Crippen LogP contribution is 2.24. The molecule has 0 radical (unpaired) electrons. The maximum Gasteiger partial charge on any atom is 0.131 e. The zero-order chi connectivity index (χ0) is 15.4. The van der Waals surface area contributed by atoms with Crippen molar-refractivity contribution >= 4 is 0 Å². The molecule has 0 aliphatic heterocycles. The van der Waals surface area contributed by atoms with Crippen molar-refractivity contribution in [1.82, 2.24) is 5.32 Å². The average molecular weight is 287 g/mol. The molecule has 21 heavy (non-hydrogen) atoms. The normalized spacial score (nSPS) is 13.8. The molecule has 0 aromatic heterocycles. The minimum absolute atomic E-state index is 0.0774. The molecular formula is C18H22FNO. The summed E-state index contributed by atoms with van der Waals surface area (Å²) in [6.45, 7) is 6.13. The second kappa shape index (κ2) is 6.72. The predicted octanol–water partition coefficient (Wildman–Crippen LogP) is 4.55. The third kappa shape index (κ3) is 3.82. The summed E-state index contributed by atoms with van der Waals surface area (Å²) in [5.41, 5.74) is 3.08. The van der Waals surface area contributed by atoms with Crippen LogP contribution >= 0.6 is 0 Å². The van der Waals surface area contributed by atoms with Gasteiger partial charge in [0.25, 0.3) is 0 Å². The van der Waals surface area contributed by atoms with E-state index < -0.39 is 0 Å². The van der Waals surface area contributed by atoms with Gasteiger partial charge in [-0.15, -0.1) is 0 Å². The van der Waals surface area contributed by atoms with Crippen LogP contribution in [0.1, 0.15) is 42.6 Å². The molecule has 0 saturated carbocycles. The lowest BCUT2D eigenvalue weighted by Crippen LogP contribution is -2.23. The van der Waals surface area contributed by atoms with Crippen molar-refractivity contribution < 1.29 is 9.13 Å². The van der Waals surface area contributed by atoms with Crippen LogP contribution in [-0.4, -0.2) is 7.11 Å². The SMILES string of the molecule is COc1ccc(C(C)N[C@@H](C)c2cccc(C)c2)c(F)c1. The molecule has 2 atom stereocenters. The maximum atomic E-state index is 14.1. The van der Waals surface area contributed by atoms with Crippen LogP contribution in [-0.2, 0) is 0 Å². The third-order valence-electron chi connectivity index (χ3n) is 3.72. The Morgan fingerprint density at radius 2 is 1.81 bits per heavy atom. The van der Waals surface area contributed by atoms with Crippen molar-refractivity contribution in [2.24, 2.45) is 0 Å². The van der Waals surface area contributed by atoms with Gasteiger partial charge in [0.15, 0.2) is 0 Å². The number of benzene rings is 2. The van der Waals surface area contributed by atoms with Crippen LogP contribution in [0, 0.1) is 12.7 Å². The molecule has 112 valence electrons. The topological polar surface area (TPSA) is 21.3 Å². The fourth-order valence-electron chi connectivity index (χ4n) is 2.49. The first-order chi connectivity index (χ1) is 10.0. The number of hydrogen-bond donors (Lipinski definition) is 1. The van der Waals surface area contributed by atoms with Gasteiger partial charge < -0.3 is 10.1 Å². The van der Waals surface area contributed by atoms with Gasteiger partial charge in [-0.05, 0) is 32.4 Å². The van der Waals surface area contributed by atoms with Gasteiger partial charge in [-0.2, -0.15) is 0 Å². The maximum absolute atomic E-state index is 14.1. The van der Waals surface area contributed by atoms with E-state index in [-0.39, 0.29) is 17.9 Å². The minimum atomic E-state index is -0.245. The Labute approximate surface area is 126 Å². The highest BCUT2D eigenvalue weighted by atomic mass is 19.1. The molecule has 0 aliphatic carbocycles. The van der Waals surface area contributed by atoms with Crippen molar-refractivity contribution in [3.05, 3.63) is 65.0 Å². The van der Waals surface area contributed by atoms with E-state index in [0.717, 1.165) is 0 Å². The van der Waals surface area contributed by atoms with Gasteiger partial charge in [-0.3, -0.25) is 0 Å². The summed E-state index contributed by atoms with van der Waals surface area (Å²) in [4.78, 5) is 0. The van der Waals surface area contributed by atoms with E-state index >= 15 is 0 Å². The third-order valence-corrected chi connectivity index (χ3v) is 3.72. The van der Waals surface area contributed by atoms with Crippen LogP contribution in [0.3, 0.4) is 0 Å². The summed E-state index contributed by atoms with van der Waals surface area (Å²) >= 11 is 0. The van der Waals surface area contributed by atoms with Crippen LogP contribution < -0.4 is 10.1 Å². The second-order valence-electron chi connectivity index (χ2n) is 5.41. The van der Waals surface area contributed by atoms with Gasteiger partial charge in [-0.25, -0.2) is 4.39 Å². The summed E-state index contributed by atoms with van der Waals surface area (Å²) in [6, 6.07) is 13.4. The Bertz CT molecular complexity index is 612. The Kier molecular flexibility index (Phi) is 4.97. The van der Waals surface area contributed by atoms with E-state index in [0.29, 0.717) is 11.3 Å². The highest BCUT2D eigenvalue weighted by Gasteiger charge is 2.15. The molecule has 1 unspecified atom stereocenters. The van der Waals surface area contributed by atoms with Crippen LogP contribution in [0.2, 0.25) is 0 Å². The van der Waals surface area contributed by atoms with Crippen molar-refractivity contribution in [2.45, 2.75) is 32.9 Å². The van der Waals surface area contributed by atoms with E-state index in [9.17, 15) is 4.39 Å². The largest absolute Gasteiger partial charge is 0.497 e. The Morgan fingerprint density at radius 1 is 1.05 bits per heavy atom. The van der Waals surface area contributed by atoms with Gasteiger partial charge in [0, 0.05) is 23.7 Å². The first-order valence-corrected chi connectivity index (χ1v) is 7.17. The van der Waals surface area contributed by atoms with Crippen molar-refractivity contribution in [2.75, 3.05) is 7.11 Å². The van der Waals surface area contributed by atoms with Crippen molar-refractivity contribution in [3.8, 4) is 5.75 Å². The molecule has 1 N–H and O–H groups in total. The molecule has 0 spiro atoms. The van der Waals surface area contributed by atoms with E-state index in [1.165, 1.54) is 24.3 Å². The number of rotatable bonds is 5. The Hall–Kier alpha value is -1.87. The number of ether oxygens (including phenoxy) is 1. The van der Waals surface area contributed by atoms with E-state index in [2.05, 4.69) is 37.4 Å². The molecule has 2 nitrogen and oxygen atoms in total. The number of hydrogen-bond acceptors (Lipinski definition) is 2. The van der Waals surface area contributed by atoms with Gasteiger partial charge in [0.2, 0.25) is 0 Å². The van der Waals surface area contributed by atoms with Crippen LogP contribution in [0.25, 0.3) is 0 Å². The smallest absolute Gasteiger partial charge is 0.131 e. The first-order valence-electron chi connectivity index (χ1n) is 7.17. The molecule has 0 bridgehead atoms. The standard InChI is InChI=1S/C18H22FNO/c1-12-6-5-7-15(10-12)13(2)20-14(3)17-9-8-16(21-4)11-18(17)19/h5-11,13-14,20H,1-4H3/t13-,14?/m0/s1. The number of nitrogens with one attached hydrogen (secondary N) is 1. The van der Waals surface area contributed by atoms with Gasteiger partial charge in [-0.1, -0.05) is 35.9 Å². The minimum Gasteiger partial charge on any atom is -0.497 e. The zero-order valence-electron chi connectivity index (χ0n) is 13.0. The molecule has 0 saturated heterocycles.